The second kappa shape index (κ2) is 20.4. The zero-order chi connectivity index (χ0) is 32.4. The Morgan fingerprint density at radius 3 is 2.22 bits per heavy atom. The molecule has 0 radical (unpaired) electrons. The van der Waals surface area contributed by atoms with Gasteiger partial charge in [0.15, 0.2) is 6.29 Å². The summed E-state index contributed by atoms with van der Waals surface area (Å²) in [6.45, 7) is 2.27. The monoisotopic (exact) mass is 651 g/mol. The maximum atomic E-state index is 12.8. The molecule has 46 heavy (non-hydrogen) atoms. The summed E-state index contributed by atoms with van der Waals surface area (Å²) < 4.78 is 14.6. The van der Waals surface area contributed by atoms with Crippen LogP contribution in [0.2, 0.25) is 0 Å². The Balaban J connectivity index is 1.23. The van der Waals surface area contributed by atoms with E-state index in [-0.39, 0.29) is 24.7 Å². The van der Waals surface area contributed by atoms with E-state index in [2.05, 4.69) is 27.8 Å². The van der Waals surface area contributed by atoms with Crippen LogP contribution in [-0.2, 0) is 27.9 Å². The van der Waals surface area contributed by atoms with Gasteiger partial charge in [-0.3, -0.25) is 4.79 Å². The van der Waals surface area contributed by atoms with Crippen molar-refractivity contribution in [3.05, 3.63) is 65.2 Å². The Morgan fingerprint density at radius 1 is 0.913 bits per heavy atom. The number of benzene rings is 2. The molecule has 2 aromatic carbocycles. The predicted octanol–water partition coefficient (Wildman–Crippen LogP) is 8.46. The van der Waals surface area contributed by atoms with Crippen LogP contribution in [0, 0.1) is 0 Å². The number of amides is 1. The van der Waals surface area contributed by atoms with Crippen LogP contribution in [0.5, 0.6) is 0 Å². The number of carbonyl (C=O) groups is 1. The summed E-state index contributed by atoms with van der Waals surface area (Å²) in [7, 11) is 1.82. The molecule has 1 aromatic heterocycles. The Labute approximate surface area is 279 Å². The summed E-state index contributed by atoms with van der Waals surface area (Å²) in [5, 5.41) is 25.0. The molecule has 2 heterocycles. The van der Waals surface area contributed by atoms with Crippen LogP contribution in [0.3, 0.4) is 0 Å². The number of hydrogen-bond acceptors (Lipinski definition) is 8. The highest BCUT2D eigenvalue weighted by Crippen LogP contribution is 2.39. The Hall–Kier alpha value is -2.79. The first-order valence-corrected chi connectivity index (χ1v) is 18.3. The molecule has 4 rings (SSSR count). The van der Waals surface area contributed by atoms with Crippen molar-refractivity contribution >= 4 is 23.4 Å². The Morgan fingerprint density at radius 2 is 1.59 bits per heavy atom. The van der Waals surface area contributed by atoms with E-state index in [1.165, 1.54) is 70.6 Å². The van der Waals surface area contributed by atoms with Crippen LogP contribution in [0.25, 0.3) is 0 Å². The van der Waals surface area contributed by atoms with Crippen LogP contribution in [0.4, 0.5) is 5.69 Å². The van der Waals surface area contributed by atoms with Gasteiger partial charge < -0.3 is 19.9 Å². The number of aliphatic hydroxyl groups is 1. The van der Waals surface area contributed by atoms with Crippen LogP contribution in [-0.4, -0.2) is 43.1 Å². The summed E-state index contributed by atoms with van der Waals surface area (Å²) >= 11 is 1.55. The van der Waals surface area contributed by atoms with Gasteiger partial charge in [0.05, 0.1) is 18.8 Å². The third-order valence-corrected chi connectivity index (χ3v) is 9.69. The highest BCUT2D eigenvalue weighted by Gasteiger charge is 2.32. The van der Waals surface area contributed by atoms with E-state index in [9.17, 15) is 9.90 Å². The number of carbonyl (C=O) groups excluding carboxylic acids is 1. The lowest BCUT2D eigenvalue weighted by Crippen LogP contribution is -2.31. The molecule has 3 aromatic rings. The van der Waals surface area contributed by atoms with Gasteiger partial charge in [-0.2, -0.15) is 0 Å². The molecule has 0 aliphatic carbocycles. The maximum absolute atomic E-state index is 12.8. The van der Waals surface area contributed by atoms with Crippen molar-refractivity contribution in [3.8, 4) is 0 Å². The smallest absolute Gasteiger partial charge is 0.224 e. The van der Waals surface area contributed by atoms with Gasteiger partial charge in [0.25, 0.3) is 0 Å². The average molecular weight is 652 g/mol. The summed E-state index contributed by atoms with van der Waals surface area (Å²) in [5.74, 6) is 0.702. The van der Waals surface area contributed by atoms with E-state index in [1.54, 1.807) is 16.4 Å². The number of anilines is 1. The quantitative estimate of drug-likeness (QED) is 0.0872. The van der Waals surface area contributed by atoms with Crippen molar-refractivity contribution in [2.24, 2.45) is 7.05 Å². The molecule has 0 saturated carbocycles. The van der Waals surface area contributed by atoms with Gasteiger partial charge in [0, 0.05) is 36.9 Å². The first kappa shape index (κ1) is 36.1. The molecule has 0 bridgehead atoms. The maximum Gasteiger partial charge on any atom is 0.224 e. The predicted molar refractivity (Wildman–Crippen MR) is 183 cm³/mol. The second-order valence-electron chi connectivity index (χ2n) is 12.4. The molecule has 2 N–H and O–H groups in total. The number of tetrazole rings is 1. The second-order valence-corrected chi connectivity index (χ2v) is 13.4. The van der Waals surface area contributed by atoms with Crippen molar-refractivity contribution in [2.45, 2.75) is 133 Å². The van der Waals surface area contributed by atoms with Gasteiger partial charge in [0.1, 0.15) is 0 Å². The first-order chi connectivity index (χ1) is 22.6. The molecule has 1 fully saturated rings. The summed E-state index contributed by atoms with van der Waals surface area (Å²) in [4.78, 5) is 12.8. The molecule has 1 unspecified atom stereocenters. The zero-order valence-corrected chi connectivity index (χ0v) is 28.6. The molecule has 9 nitrogen and oxygen atoms in total. The van der Waals surface area contributed by atoms with Gasteiger partial charge in [-0.05, 0) is 40.1 Å². The van der Waals surface area contributed by atoms with Crippen molar-refractivity contribution in [2.75, 3.05) is 11.1 Å². The first-order valence-electron chi connectivity index (χ1n) is 17.3. The molecule has 1 aliphatic rings. The van der Waals surface area contributed by atoms with Gasteiger partial charge in [-0.15, -0.1) is 5.10 Å². The fourth-order valence-corrected chi connectivity index (χ4v) is 6.69. The van der Waals surface area contributed by atoms with E-state index >= 15 is 0 Å². The van der Waals surface area contributed by atoms with Gasteiger partial charge in [-0.25, -0.2) is 4.68 Å². The van der Waals surface area contributed by atoms with E-state index in [1.807, 2.05) is 55.6 Å². The minimum atomic E-state index is -0.600. The topological polar surface area (TPSA) is 111 Å². The van der Waals surface area contributed by atoms with Crippen LogP contribution in [0.1, 0.15) is 132 Å². The van der Waals surface area contributed by atoms with Gasteiger partial charge in [-0.1, -0.05) is 132 Å². The normalized spacial score (nSPS) is 18.1. The molecular formula is C36H53N5O4S. The molecule has 1 saturated heterocycles. The average Bonchev–Trinajstić information content (AvgIpc) is 3.50. The van der Waals surface area contributed by atoms with Crippen LogP contribution in [0.15, 0.2) is 53.7 Å². The molecule has 3 atom stereocenters. The molecule has 0 spiro atoms. The SMILES string of the molecule is CCCCCCCCCCCCCCCC(=O)Nc1cccc(C2O[C@H](CSc3nnnn3C)C[C@H](c3ccc(CO)cc3)O2)c1. The zero-order valence-electron chi connectivity index (χ0n) is 27.7. The van der Waals surface area contributed by atoms with Crippen molar-refractivity contribution in [1.82, 2.24) is 20.2 Å². The van der Waals surface area contributed by atoms with Crippen molar-refractivity contribution in [1.29, 1.82) is 0 Å². The fourth-order valence-electron chi connectivity index (χ4n) is 5.82. The van der Waals surface area contributed by atoms with Gasteiger partial charge in [0.2, 0.25) is 11.1 Å². The van der Waals surface area contributed by atoms with E-state index in [4.69, 9.17) is 9.47 Å². The Kier molecular flexibility index (Phi) is 16.0. The number of aryl methyl sites for hydroxylation is 1. The fraction of sp³-hybridized carbons (Fsp3) is 0.611. The number of aliphatic hydroxyl groups excluding tert-OH is 1. The lowest BCUT2D eigenvalue weighted by Gasteiger charge is -2.36. The third kappa shape index (κ3) is 12.4. The molecular weight excluding hydrogens is 598 g/mol. The Bertz CT molecular complexity index is 1290. The molecule has 1 amide bonds. The molecule has 10 heteroatoms. The number of rotatable bonds is 21. The minimum absolute atomic E-state index is 0.000407. The number of ether oxygens (including phenoxy) is 2. The summed E-state index contributed by atoms with van der Waals surface area (Å²) in [6.07, 6.45) is 17.0. The lowest BCUT2D eigenvalue weighted by molar-refractivity contribution is -0.245. The van der Waals surface area contributed by atoms with E-state index < -0.39 is 6.29 Å². The number of nitrogens with one attached hydrogen (secondary N) is 1. The van der Waals surface area contributed by atoms with Crippen molar-refractivity contribution in [3.63, 3.8) is 0 Å². The summed E-state index contributed by atoms with van der Waals surface area (Å²) in [6, 6.07) is 15.6. The largest absolute Gasteiger partial charge is 0.392 e. The van der Waals surface area contributed by atoms with Gasteiger partial charge >= 0.3 is 0 Å². The standard InChI is InChI=1S/C36H53N5O4S/c1-3-4-5-6-7-8-9-10-11-12-13-14-15-19-34(43)37-31-18-16-17-30(24-31)35-44-32(27-46-36-38-39-40-41(36)2)25-33(45-35)29-22-20-28(26-42)21-23-29/h16-18,20-24,32-33,35,42H,3-15,19,25-27H2,1-2H3,(H,37,43)/t32-,33+,35?/m0/s1. The highest BCUT2D eigenvalue weighted by atomic mass is 32.2. The number of unbranched alkanes of at least 4 members (excludes halogenated alkanes) is 12. The highest BCUT2D eigenvalue weighted by molar-refractivity contribution is 7.99. The number of thioether (sulfide) groups is 1. The van der Waals surface area contributed by atoms with E-state index in [0.29, 0.717) is 18.6 Å². The third-order valence-electron chi connectivity index (χ3n) is 8.54. The molecule has 1 aliphatic heterocycles. The molecule has 252 valence electrons. The van der Waals surface area contributed by atoms with E-state index in [0.717, 1.165) is 40.4 Å². The minimum Gasteiger partial charge on any atom is -0.392 e. The van der Waals surface area contributed by atoms with Crippen LogP contribution < -0.4 is 5.32 Å². The lowest BCUT2D eigenvalue weighted by atomic mass is 10.0. The summed E-state index contributed by atoms with van der Waals surface area (Å²) in [5.41, 5.74) is 3.49. The number of hydrogen-bond donors (Lipinski definition) is 2. The van der Waals surface area contributed by atoms with Crippen LogP contribution >= 0.6 is 11.8 Å². The van der Waals surface area contributed by atoms with Crippen molar-refractivity contribution < 1.29 is 19.4 Å². The number of nitrogens with zero attached hydrogens (tertiary/aromatic N) is 4. The number of aromatic nitrogens is 4.